The van der Waals surface area contributed by atoms with Gasteiger partial charge >= 0.3 is 0 Å². The molecule has 0 heterocycles. The third kappa shape index (κ3) is 5.04. The fraction of sp³-hybridized carbons (Fsp3) is 0.278. The molecule has 0 spiro atoms. The largest absolute Gasteiger partial charge is 0.362 e. The first-order valence-corrected chi connectivity index (χ1v) is 8.58. The van der Waals surface area contributed by atoms with E-state index in [1.807, 2.05) is 51.1 Å². The lowest BCUT2D eigenvalue weighted by molar-refractivity contribution is 0.0942. The highest BCUT2D eigenvalue weighted by atomic mass is 35.6. The fourth-order valence-corrected chi connectivity index (χ4v) is 2.58. The number of alkyl halides is 3. The number of anilines is 1. The molecule has 6 heteroatoms. The number of rotatable bonds is 4. The standard InChI is InChI=1S/C18H19Cl3N2O/c1-11-4-7-14(8-5-11)16(24)23-17(18(19,20)21)22-15-9-6-12(2)10-13(15)3/h4-10,17,22H,1-3H3,(H,23,24). The minimum atomic E-state index is -1.71. The van der Waals surface area contributed by atoms with Crippen LogP contribution in [0.25, 0.3) is 0 Å². The number of carbonyl (C=O) groups excluding carboxylic acids is 1. The molecule has 3 nitrogen and oxygen atoms in total. The summed E-state index contributed by atoms with van der Waals surface area (Å²) in [6.45, 7) is 5.91. The molecule has 2 aromatic rings. The number of nitrogens with one attached hydrogen (secondary N) is 2. The normalized spacial score (nSPS) is 12.6. The Balaban J connectivity index is 2.19. The Bertz CT molecular complexity index is 724. The van der Waals surface area contributed by atoms with Crippen molar-refractivity contribution >= 4 is 46.4 Å². The first-order valence-electron chi connectivity index (χ1n) is 7.45. The second kappa shape index (κ2) is 7.64. The average Bonchev–Trinajstić information content (AvgIpc) is 2.48. The van der Waals surface area contributed by atoms with E-state index in [4.69, 9.17) is 34.8 Å². The predicted molar refractivity (Wildman–Crippen MR) is 102 cm³/mol. The second-order valence-electron chi connectivity index (χ2n) is 5.78. The quantitative estimate of drug-likeness (QED) is 0.564. The Kier molecular flexibility index (Phi) is 6.02. The topological polar surface area (TPSA) is 41.1 Å². The summed E-state index contributed by atoms with van der Waals surface area (Å²) < 4.78 is -1.71. The van der Waals surface area contributed by atoms with Crippen LogP contribution in [-0.2, 0) is 0 Å². The molecule has 0 saturated heterocycles. The van der Waals surface area contributed by atoms with Crippen LogP contribution in [0.3, 0.4) is 0 Å². The van der Waals surface area contributed by atoms with Gasteiger partial charge in [0.1, 0.15) is 6.17 Å². The highest BCUT2D eigenvalue weighted by Crippen LogP contribution is 2.32. The molecule has 1 atom stereocenters. The van der Waals surface area contributed by atoms with Crippen LogP contribution in [0.2, 0.25) is 0 Å². The zero-order valence-electron chi connectivity index (χ0n) is 13.7. The van der Waals surface area contributed by atoms with Gasteiger partial charge in [-0.1, -0.05) is 70.2 Å². The van der Waals surface area contributed by atoms with Crippen LogP contribution in [0.5, 0.6) is 0 Å². The summed E-state index contributed by atoms with van der Waals surface area (Å²) in [5.41, 5.74) is 4.49. The van der Waals surface area contributed by atoms with E-state index in [1.54, 1.807) is 12.1 Å². The number of carbonyl (C=O) groups is 1. The van der Waals surface area contributed by atoms with E-state index < -0.39 is 9.96 Å². The molecule has 2 N–H and O–H groups in total. The number of hydrogen-bond donors (Lipinski definition) is 2. The first kappa shape index (κ1) is 18.9. The number of hydrogen-bond acceptors (Lipinski definition) is 2. The summed E-state index contributed by atoms with van der Waals surface area (Å²) in [6.07, 6.45) is -0.877. The van der Waals surface area contributed by atoms with Crippen LogP contribution in [-0.4, -0.2) is 15.9 Å². The van der Waals surface area contributed by atoms with Crippen LogP contribution in [0.4, 0.5) is 5.69 Å². The van der Waals surface area contributed by atoms with Crippen molar-refractivity contribution in [1.82, 2.24) is 5.32 Å². The van der Waals surface area contributed by atoms with E-state index in [9.17, 15) is 4.79 Å². The number of benzene rings is 2. The molecule has 0 fully saturated rings. The van der Waals surface area contributed by atoms with Crippen LogP contribution in [0.1, 0.15) is 27.0 Å². The van der Waals surface area contributed by atoms with Gasteiger partial charge in [0, 0.05) is 11.3 Å². The van der Waals surface area contributed by atoms with Gasteiger partial charge in [-0.25, -0.2) is 0 Å². The molecule has 24 heavy (non-hydrogen) atoms. The van der Waals surface area contributed by atoms with Crippen LogP contribution >= 0.6 is 34.8 Å². The summed E-state index contributed by atoms with van der Waals surface area (Å²) >= 11 is 18.1. The van der Waals surface area contributed by atoms with E-state index in [1.165, 1.54) is 0 Å². The van der Waals surface area contributed by atoms with E-state index in [0.717, 1.165) is 22.4 Å². The van der Waals surface area contributed by atoms with Gasteiger partial charge in [0.05, 0.1) is 0 Å². The maximum absolute atomic E-state index is 12.4. The maximum Gasteiger partial charge on any atom is 0.252 e. The minimum Gasteiger partial charge on any atom is -0.362 e. The third-order valence-electron chi connectivity index (χ3n) is 3.60. The van der Waals surface area contributed by atoms with Crippen molar-refractivity contribution < 1.29 is 4.79 Å². The van der Waals surface area contributed by atoms with Gasteiger partial charge in [0.25, 0.3) is 5.91 Å². The lowest BCUT2D eigenvalue weighted by Crippen LogP contribution is -2.49. The molecule has 0 aliphatic heterocycles. The van der Waals surface area contributed by atoms with Crippen molar-refractivity contribution in [2.75, 3.05) is 5.32 Å². The number of halogens is 3. The predicted octanol–water partition coefficient (Wildman–Crippen LogP) is 5.15. The van der Waals surface area contributed by atoms with Crippen LogP contribution < -0.4 is 10.6 Å². The molecule has 2 aromatic carbocycles. The SMILES string of the molecule is Cc1ccc(C(=O)NC(Nc2ccc(C)cc2C)C(Cl)(Cl)Cl)cc1. The van der Waals surface area contributed by atoms with E-state index in [0.29, 0.717) is 5.56 Å². The number of amides is 1. The highest BCUT2D eigenvalue weighted by Gasteiger charge is 2.34. The second-order valence-corrected chi connectivity index (χ2v) is 8.15. The van der Waals surface area contributed by atoms with Crippen molar-refractivity contribution in [3.8, 4) is 0 Å². The van der Waals surface area contributed by atoms with Gasteiger partial charge in [0.2, 0.25) is 3.79 Å². The van der Waals surface area contributed by atoms with Gasteiger partial charge < -0.3 is 10.6 Å². The molecule has 0 aliphatic carbocycles. The van der Waals surface area contributed by atoms with Gasteiger partial charge in [-0.15, -0.1) is 0 Å². The average molecular weight is 386 g/mol. The molecule has 0 radical (unpaired) electrons. The zero-order valence-corrected chi connectivity index (χ0v) is 15.9. The van der Waals surface area contributed by atoms with E-state index >= 15 is 0 Å². The Morgan fingerprint density at radius 2 is 1.54 bits per heavy atom. The lowest BCUT2D eigenvalue weighted by atomic mass is 10.1. The van der Waals surface area contributed by atoms with Crippen molar-refractivity contribution in [3.63, 3.8) is 0 Å². The van der Waals surface area contributed by atoms with Gasteiger partial charge in [-0.3, -0.25) is 4.79 Å². The zero-order chi connectivity index (χ0) is 17.9. The molecule has 0 aromatic heterocycles. The summed E-state index contributed by atoms with van der Waals surface area (Å²) in [5.74, 6) is -0.316. The molecule has 128 valence electrons. The van der Waals surface area contributed by atoms with Crippen LogP contribution in [0.15, 0.2) is 42.5 Å². The smallest absolute Gasteiger partial charge is 0.252 e. The van der Waals surface area contributed by atoms with Crippen molar-refractivity contribution in [3.05, 3.63) is 64.7 Å². The summed E-state index contributed by atoms with van der Waals surface area (Å²) in [6, 6.07) is 13.0. The monoisotopic (exact) mass is 384 g/mol. The fourth-order valence-electron chi connectivity index (χ4n) is 2.25. The van der Waals surface area contributed by atoms with Gasteiger partial charge in [-0.2, -0.15) is 0 Å². The van der Waals surface area contributed by atoms with Crippen molar-refractivity contribution in [2.24, 2.45) is 0 Å². The van der Waals surface area contributed by atoms with E-state index in [2.05, 4.69) is 10.6 Å². The van der Waals surface area contributed by atoms with Gasteiger partial charge in [-0.05, 0) is 44.5 Å². The Hall–Kier alpha value is -1.42. The van der Waals surface area contributed by atoms with E-state index in [-0.39, 0.29) is 5.91 Å². The first-order chi connectivity index (χ1) is 11.2. The molecule has 0 bridgehead atoms. The lowest BCUT2D eigenvalue weighted by Gasteiger charge is -2.28. The van der Waals surface area contributed by atoms with Crippen molar-refractivity contribution in [1.29, 1.82) is 0 Å². The van der Waals surface area contributed by atoms with Crippen LogP contribution in [0, 0.1) is 20.8 Å². The molecular formula is C18H19Cl3N2O. The Morgan fingerprint density at radius 3 is 2.08 bits per heavy atom. The highest BCUT2D eigenvalue weighted by molar-refractivity contribution is 6.68. The molecule has 1 unspecified atom stereocenters. The molecule has 2 rings (SSSR count). The molecule has 0 saturated carbocycles. The summed E-state index contributed by atoms with van der Waals surface area (Å²) in [4.78, 5) is 12.4. The Morgan fingerprint density at radius 1 is 0.958 bits per heavy atom. The summed E-state index contributed by atoms with van der Waals surface area (Å²) in [7, 11) is 0. The third-order valence-corrected chi connectivity index (χ3v) is 4.25. The molecule has 0 aliphatic rings. The number of aryl methyl sites for hydroxylation is 3. The molecular weight excluding hydrogens is 367 g/mol. The minimum absolute atomic E-state index is 0.316. The molecule has 1 amide bonds. The Labute approximate surface area is 157 Å². The maximum atomic E-state index is 12.4. The van der Waals surface area contributed by atoms with Gasteiger partial charge in [0.15, 0.2) is 0 Å². The summed E-state index contributed by atoms with van der Waals surface area (Å²) in [5, 5.41) is 5.84. The van der Waals surface area contributed by atoms with Crippen molar-refractivity contribution in [2.45, 2.75) is 30.7 Å².